The SMILES string of the molecule is CC(=O)NNC(=O)c1cc(S(=O)(=O)N2CCOCC2)c[nH]1. The van der Waals surface area contributed by atoms with Crippen LogP contribution in [-0.4, -0.2) is 55.8 Å². The normalized spacial score (nSPS) is 16.4. The van der Waals surface area contributed by atoms with Crippen molar-refractivity contribution >= 4 is 21.8 Å². The lowest BCUT2D eigenvalue weighted by atomic mass is 10.4. The first kappa shape index (κ1) is 15.5. The lowest BCUT2D eigenvalue weighted by molar-refractivity contribution is -0.119. The average molecular weight is 316 g/mol. The van der Waals surface area contributed by atoms with Gasteiger partial charge in [-0.2, -0.15) is 4.31 Å². The van der Waals surface area contributed by atoms with Gasteiger partial charge in [0.15, 0.2) is 0 Å². The van der Waals surface area contributed by atoms with Gasteiger partial charge < -0.3 is 9.72 Å². The van der Waals surface area contributed by atoms with Gasteiger partial charge in [0, 0.05) is 26.2 Å². The lowest BCUT2D eigenvalue weighted by Gasteiger charge is -2.25. The summed E-state index contributed by atoms with van der Waals surface area (Å²) in [7, 11) is -3.65. The number of amides is 2. The van der Waals surface area contributed by atoms with E-state index in [0.717, 1.165) is 0 Å². The van der Waals surface area contributed by atoms with Crippen molar-refractivity contribution in [2.45, 2.75) is 11.8 Å². The van der Waals surface area contributed by atoms with Crippen LogP contribution < -0.4 is 10.9 Å². The number of aromatic nitrogens is 1. The largest absolute Gasteiger partial charge is 0.379 e. The summed E-state index contributed by atoms with van der Waals surface area (Å²) in [5.74, 6) is -1.07. The first-order valence-corrected chi connectivity index (χ1v) is 7.68. The minimum Gasteiger partial charge on any atom is -0.379 e. The fraction of sp³-hybridized carbons (Fsp3) is 0.455. The molecule has 1 aliphatic rings. The van der Waals surface area contributed by atoms with E-state index >= 15 is 0 Å². The van der Waals surface area contributed by atoms with Gasteiger partial charge in [-0.3, -0.25) is 20.4 Å². The molecular weight excluding hydrogens is 300 g/mol. The topological polar surface area (TPSA) is 121 Å². The summed E-state index contributed by atoms with van der Waals surface area (Å²) in [6.07, 6.45) is 1.24. The van der Waals surface area contributed by atoms with Gasteiger partial charge in [-0.1, -0.05) is 0 Å². The molecule has 0 aliphatic carbocycles. The molecule has 2 rings (SSSR count). The van der Waals surface area contributed by atoms with Gasteiger partial charge in [0.1, 0.15) is 10.6 Å². The number of morpholine rings is 1. The maximum Gasteiger partial charge on any atom is 0.286 e. The number of carbonyl (C=O) groups is 2. The van der Waals surface area contributed by atoms with Crippen LogP contribution in [0.1, 0.15) is 17.4 Å². The number of hydrazine groups is 1. The lowest BCUT2D eigenvalue weighted by Crippen LogP contribution is -2.41. The van der Waals surface area contributed by atoms with Gasteiger partial charge in [-0.25, -0.2) is 8.42 Å². The Hall–Kier alpha value is -1.91. The van der Waals surface area contributed by atoms with E-state index in [4.69, 9.17) is 4.74 Å². The van der Waals surface area contributed by atoms with Crippen LogP contribution in [-0.2, 0) is 19.6 Å². The van der Waals surface area contributed by atoms with Crippen molar-refractivity contribution in [3.8, 4) is 0 Å². The van der Waals surface area contributed by atoms with E-state index in [0.29, 0.717) is 13.2 Å². The third-order valence-corrected chi connectivity index (χ3v) is 4.74. The van der Waals surface area contributed by atoms with Crippen molar-refractivity contribution in [3.63, 3.8) is 0 Å². The minimum absolute atomic E-state index is 0.00243. The highest BCUT2D eigenvalue weighted by Crippen LogP contribution is 2.17. The van der Waals surface area contributed by atoms with Crippen LogP contribution in [0.25, 0.3) is 0 Å². The molecule has 0 aromatic carbocycles. The molecule has 21 heavy (non-hydrogen) atoms. The van der Waals surface area contributed by atoms with Crippen LogP contribution in [0.5, 0.6) is 0 Å². The van der Waals surface area contributed by atoms with Crippen LogP contribution in [0.15, 0.2) is 17.2 Å². The molecule has 0 atom stereocenters. The molecule has 0 saturated carbocycles. The number of H-pyrrole nitrogens is 1. The van der Waals surface area contributed by atoms with Crippen molar-refractivity contribution in [1.29, 1.82) is 0 Å². The molecule has 1 fully saturated rings. The average Bonchev–Trinajstić information content (AvgIpc) is 2.96. The Kier molecular flexibility index (Phi) is 4.60. The van der Waals surface area contributed by atoms with E-state index in [1.165, 1.54) is 23.5 Å². The highest BCUT2D eigenvalue weighted by Gasteiger charge is 2.27. The van der Waals surface area contributed by atoms with E-state index in [1.807, 2.05) is 0 Å². The zero-order chi connectivity index (χ0) is 15.5. The number of nitrogens with zero attached hydrogens (tertiary/aromatic N) is 1. The Morgan fingerprint density at radius 2 is 1.95 bits per heavy atom. The number of hydrogen-bond acceptors (Lipinski definition) is 5. The first-order chi connectivity index (χ1) is 9.91. The molecule has 0 unspecified atom stereocenters. The summed E-state index contributed by atoms with van der Waals surface area (Å²) in [6, 6.07) is 1.22. The highest BCUT2D eigenvalue weighted by molar-refractivity contribution is 7.89. The number of sulfonamides is 1. The second-order valence-corrected chi connectivity index (χ2v) is 6.34. The first-order valence-electron chi connectivity index (χ1n) is 6.24. The smallest absolute Gasteiger partial charge is 0.286 e. The predicted molar refractivity (Wildman–Crippen MR) is 71.7 cm³/mol. The zero-order valence-electron chi connectivity index (χ0n) is 11.4. The van der Waals surface area contributed by atoms with Crippen LogP contribution >= 0.6 is 0 Å². The van der Waals surface area contributed by atoms with Crippen molar-refractivity contribution in [1.82, 2.24) is 20.1 Å². The van der Waals surface area contributed by atoms with Crippen LogP contribution in [0.4, 0.5) is 0 Å². The Morgan fingerprint density at radius 1 is 1.29 bits per heavy atom. The summed E-state index contributed by atoms with van der Waals surface area (Å²) in [5.41, 5.74) is 4.30. The van der Waals surface area contributed by atoms with Crippen molar-refractivity contribution in [2.75, 3.05) is 26.3 Å². The molecule has 0 spiro atoms. The number of aromatic amines is 1. The monoisotopic (exact) mass is 316 g/mol. The molecule has 9 nitrogen and oxygen atoms in total. The number of rotatable bonds is 3. The second-order valence-electron chi connectivity index (χ2n) is 4.40. The van der Waals surface area contributed by atoms with E-state index < -0.39 is 21.8 Å². The Labute approximate surface area is 121 Å². The zero-order valence-corrected chi connectivity index (χ0v) is 12.2. The van der Waals surface area contributed by atoms with Crippen LogP contribution in [0.2, 0.25) is 0 Å². The van der Waals surface area contributed by atoms with Crippen molar-refractivity contribution < 1.29 is 22.7 Å². The molecule has 1 saturated heterocycles. The van der Waals surface area contributed by atoms with Gasteiger partial charge in [0.05, 0.1) is 13.2 Å². The Bertz CT molecular complexity index is 633. The molecule has 2 amide bonds. The summed E-state index contributed by atoms with van der Waals surface area (Å²) >= 11 is 0. The summed E-state index contributed by atoms with van der Waals surface area (Å²) in [4.78, 5) is 25.0. The summed E-state index contributed by atoms with van der Waals surface area (Å²) in [6.45, 7) is 2.49. The maximum absolute atomic E-state index is 12.3. The maximum atomic E-state index is 12.3. The highest BCUT2D eigenvalue weighted by atomic mass is 32.2. The van der Waals surface area contributed by atoms with Gasteiger partial charge in [0.2, 0.25) is 15.9 Å². The molecule has 2 heterocycles. The molecule has 1 aromatic rings. The molecule has 1 aromatic heterocycles. The third-order valence-electron chi connectivity index (χ3n) is 2.86. The van der Waals surface area contributed by atoms with E-state index in [9.17, 15) is 18.0 Å². The predicted octanol–water partition coefficient (Wildman–Crippen LogP) is -1.18. The molecule has 3 N–H and O–H groups in total. The molecule has 10 heteroatoms. The molecule has 1 aliphatic heterocycles. The quantitative estimate of drug-likeness (QED) is 0.606. The Morgan fingerprint density at radius 3 is 2.57 bits per heavy atom. The summed E-state index contributed by atoms with van der Waals surface area (Å²) < 4.78 is 31.1. The van der Waals surface area contributed by atoms with E-state index in [1.54, 1.807) is 0 Å². The van der Waals surface area contributed by atoms with Crippen LogP contribution in [0, 0.1) is 0 Å². The van der Waals surface area contributed by atoms with Gasteiger partial charge in [0.25, 0.3) is 5.91 Å². The van der Waals surface area contributed by atoms with Gasteiger partial charge >= 0.3 is 0 Å². The molecule has 0 bridgehead atoms. The number of nitrogens with one attached hydrogen (secondary N) is 3. The molecular formula is C11H16N4O5S. The van der Waals surface area contributed by atoms with Crippen LogP contribution in [0.3, 0.4) is 0 Å². The third kappa shape index (κ3) is 3.60. The number of hydrogen-bond donors (Lipinski definition) is 3. The van der Waals surface area contributed by atoms with E-state index in [2.05, 4.69) is 15.8 Å². The van der Waals surface area contributed by atoms with E-state index in [-0.39, 0.29) is 23.7 Å². The fourth-order valence-electron chi connectivity index (χ4n) is 1.80. The minimum atomic E-state index is -3.65. The van der Waals surface area contributed by atoms with Crippen molar-refractivity contribution in [3.05, 3.63) is 18.0 Å². The van der Waals surface area contributed by atoms with Crippen molar-refractivity contribution in [2.24, 2.45) is 0 Å². The standard InChI is InChI=1S/C11H16N4O5S/c1-8(16)13-14-11(17)10-6-9(7-12-10)21(18,19)15-2-4-20-5-3-15/h6-7,12H,2-5H2,1H3,(H,13,16)(H,14,17). The number of carbonyl (C=O) groups excluding carboxylic acids is 2. The molecule has 0 radical (unpaired) electrons. The van der Waals surface area contributed by atoms with Gasteiger partial charge in [-0.15, -0.1) is 0 Å². The Balaban J connectivity index is 2.11. The number of ether oxygens (including phenoxy) is 1. The fourth-order valence-corrected chi connectivity index (χ4v) is 3.21. The summed E-state index contributed by atoms with van der Waals surface area (Å²) in [5, 5.41) is 0. The van der Waals surface area contributed by atoms with Gasteiger partial charge in [-0.05, 0) is 6.07 Å². The molecule has 116 valence electrons. The second kappa shape index (κ2) is 6.24.